The van der Waals surface area contributed by atoms with Crippen LogP contribution in [0.3, 0.4) is 0 Å². The van der Waals surface area contributed by atoms with Crippen molar-refractivity contribution in [3.8, 4) is 11.6 Å². The maximum Gasteiger partial charge on any atom is 0.201 e. The number of aryl methyl sites for hydroxylation is 1. The third-order valence-corrected chi connectivity index (χ3v) is 2.64. The molecule has 0 amide bonds. The number of hydrogen-bond acceptors (Lipinski definition) is 4. The molecule has 2 rings (SSSR count). The Morgan fingerprint density at radius 2 is 2.06 bits per heavy atom. The predicted molar refractivity (Wildman–Crippen MR) is 60.5 cm³/mol. The summed E-state index contributed by atoms with van der Waals surface area (Å²) in [5.74, 6) is 0.820. The highest BCUT2D eigenvalue weighted by molar-refractivity contribution is 6.31. The Balaban J connectivity index is 2.59. The van der Waals surface area contributed by atoms with Crippen LogP contribution in [0.25, 0.3) is 5.82 Å². The second-order valence-corrected chi connectivity index (χ2v) is 3.79. The number of nitrogens with zero attached hydrogens (tertiary/aromatic N) is 4. The Morgan fingerprint density at radius 1 is 1.31 bits per heavy atom. The summed E-state index contributed by atoms with van der Waals surface area (Å²) in [6.07, 6.45) is 2.98. The molecule has 0 unspecified atom stereocenters. The monoisotopic (exact) mass is 258 g/mol. The molecule has 2 aromatic heterocycles. The molecule has 84 valence electrons. The number of hydrogen-bond donors (Lipinski definition) is 0. The molecule has 0 radical (unpaired) electrons. The van der Waals surface area contributed by atoms with E-state index in [4.69, 9.17) is 27.9 Å². The lowest BCUT2D eigenvalue weighted by Crippen LogP contribution is -2.03. The molecule has 5 nitrogen and oxygen atoms in total. The molecule has 0 spiro atoms. The molecule has 0 saturated carbocycles. The van der Waals surface area contributed by atoms with Gasteiger partial charge in [0.25, 0.3) is 0 Å². The fraction of sp³-hybridized carbons (Fsp3) is 0.222. The highest BCUT2D eigenvalue weighted by Crippen LogP contribution is 2.27. The zero-order chi connectivity index (χ0) is 11.7. The Bertz CT molecular complexity index is 507. The van der Waals surface area contributed by atoms with Crippen molar-refractivity contribution in [2.24, 2.45) is 0 Å². The molecule has 0 saturated heterocycles. The normalized spacial score (nSPS) is 10.5. The van der Waals surface area contributed by atoms with Gasteiger partial charge in [0.15, 0.2) is 5.15 Å². The van der Waals surface area contributed by atoms with Crippen LogP contribution in [0.1, 0.15) is 5.69 Å². The third kappa shape index (κ3) is 1.83. The van der Waals surface area contributed by atoms with E-state index in [2.05, 4.69) is 15.1 Å². The minimum absolute atomic E-state index is 0.233. The van der Waals surface area contributed by atoms with Crippen LogP contribution in [0.4, 0.5) is 0 Å². The molecule has 0 aliphatic carbocycles. The zero-order valence-electron chi connectivity index (χ0n) is 8.61. The number of halogens is 2. The van der Waals surface area contributed by atoms with Crippen LogP contribution in [0.15, 0.2) is 12.5 Å². The summed E-state index contributed by atoms with van der Waals surface area (Å²) in [6, 6.07) is 0. The van der Waals surface area contributed by atoms with Crippen molar-refractivity contribution < 1.29 is 4.74 Å². The Labute approximate surface area is 102 Å². The summed E-state index contributed by atoms with van der Waals surface area (Å²) in [7, 11) is 1.49. The summed E-state index contributed by atoms with van der Waals surface area (Å²) < 4.78 is 6.62. The second-order valence-electron chi connectivity index (χ2n) is 3.03. The molecule has 0 aliphatic heterocycles. The summed E-state index contributed by atoms with van der Waals surface area (Å²) in [6.45, 7) is 1.80. The molecule has 2 aromatic rings. The van der Waals surface area contributed by atoms with Crippen molar-refractivity contribution in [1.29, 1.82) is 0 Å². The van der Waals surface area contributed by atoms with E-state index in [0.717, 1.165) is 0 Å². The largest absolute Gasteiger partial charge is 0.490 e. The quantitative estimate of drug-likeness (QED) is 0.776. The van der Waals surface area contributed by atoms with Gasteiger partial charge in [-0.15, -0.1) is 0 Å². The van der Waals surface area contributed by atoms with Crippen LogP contribution in [0.2, 0.25) is 10.2 Å². The van der Waals surface area contributed by atoms with Crippen LogP contribution in [0.5, 0.6) is 5.75 Å². The second kappa shape index (κ2) is 4.27. The first-order valence-electron chi connectivity index (χ1n) is 4.40. The lowest BCUT2D eigenvalue weighted by Gasteiger charge is -2.07. The van der Waals surface area contributed by atoms with Crippen LogP contribution >= 0.6 is 23.2 Å². The van der Waals surface area contributed by atoms with Crippen molar-refractivity contribution in [2.75, 3.05) is 7.11 Å². The highest BCUT2D eigenvalue weighted by Gasteiger charge is 2.14. The van der Waals surface area contributed by atoms with Crippen molar-refractivity contribution in [1.82, 2.24) is 19.7 Å². The molecule has 0 atom stereocenters. The Morgan fingerprint density at radius 3 is 2.62 bits per heavy atom. The molecule has 16 heavy (non-hydrogen) atoms. The number of ether oxygens (including phenoxy) is 1. The molecular formula is C9H8Cl2N4O. The van der Waals surface area contributed by atoms with Crippen molar-refractivity contribution >= 4 is 23.2 Å². The van der Waals surface area contributed by atoms with E-state index < -0.39 is 0 Å². The van der Waals surface area contributed by atoms with Gasteiger partial charge < -0.3 is 4.74 Å². The van der Waals surface area contributed by atoms with E-state index in [1.165, 1.54) is 18.1 Å². The lowest BCUT2D eigenvalue weighted by molar-refractivity contribution is 0.407. The maximum atomic E-state index is 5.91. The Kier molecular flexibility index (Phi) is 2.98. The predicted octanol–water partition coefficient (Wildman–Crippen LogP) is 2.29. The SMILES string of the molecule is COc1c(Cl)ncnc1-n1cc(Cl)c(C)n1. The number of aromatic nitrogens is 4. The van der Waals surface area contributed by atoms with E-state index >= 15 is 0 Å². The van der Waals surface area contributed by atoms with Crippen molar-refractivity contribution in [3.05, 3.63) is 28.4 Å². The van der Waals surface area contributed by atoms with E-state index in [-0.39, 0.29) is 5.15 Å². The van der Waals surface area contributed by atoms with Gasteiger partial charge in [-0.25, -0.2) is 14.6 Å². The van der Waals surface area contributed by atoms with Gasteiger partial charge in [0.05, 0.1) is 24.0 Å². The fourth-order valence-corrected chi connectivity index (χ4v) is 1.57. The molecule has 0 aliphatic rings. The lowest BCUT2D eigenvalue weighted by atomic mass is 10.5. The molecule has 2 heterocycles. The molecule has 0 fully saturated rings. The molecule has 0 bridgehead atoms. The first kappa shape index (κ1) is 11.2. The third-order valence-electron chi connectivity index (χ3n) is 2.00. The summed E-state index contributed by atoms with van der Waals surface area (Å²) in [4.78, 5) is 7.88. The number of rotatable bonds is 2. The molecular weight excluding hydrogens is 251 g/mol. The molecule has 7 heteroatoms. The van der Waals surface area contributed by atoms with Crippen LogP contribution in [0, 0.1) is 6.92 Å². The first-order valence-corrected chi connectivity index (χ1v) is 5.15. The van der Waals surface area contributed by atoms with Gasteiger partial charge in [-0.1, -0.05) is 23.2 Å². The maximum absolute atomic E-state index is 5.91. The van der Waals surface area contributed by atoms with Gasteiger partial charge >= 0.3 is 0 Å². The average molecular weight is 259 g/mol. The van der Waals surface area contributed by atoms with Crippen LogP contribution in [-0.4, -0.2) is 26.9 Å². The smallest absolute Gasteiger partial charge is 0.201 e. The van der Waals surface area contributed by atoms with Gasteiger partial charge in [-0.3, -0.25) is 0 Å². The van der Waals surface area contributed by atoms with E-state index in [0.29, 0.717) is 22.3 Å². The van der Waals surface area contributed by atoms with Gasteiger partial charge in [0.1, 0.15) is 6.33 Å². The van der Waals surface area contributed by atoms with Crippen molar-refractivity contribution in [2.45, 2.75) is 6.92 Å². The Hall–Kier alpha value is -1.33. The summed E-state index contributed by atoms with van der Waals surface area (Å²) in [5.41, 5.74) is 0.707. The standard InChI is InChI=1S/C9H8Cl2N4O/c1-5-6(10)3-15(14-5)9-7(16-2)8(11)12-4-13-9/h3-4H,1-2H3. The van der Waals surface area contributed by atoms with E-state index in [9.17, 15) is 0 Å². The number of methoxy groups -OCH3 is 1. The van der Waals surface area contributed by atoms with Gasteiger partial charge in [0.2, 0.25) is 11.6 Å². The summed E-state index contributed by atoms with van der Waals surface area (Å²) >= 11 is 11.8. The zero-order valence-corrected chi connectivity index (χ0v) is 10.1. The van der Waals surface area contributed by atoms with Gasteiger partial charge in [0, 0.05) is 0 Å². The van der Waals surface area contributed by atoms with Crippen LogP contribution < -0.4 is 4.74 Å². The van der Waals surface area contributed by atoms with E-state index in [1.54, 1.807) is 13.1 Å². The fourth-order valence-electron chi connectivity index (χ4n) is 1.23. The minimum atomic E-state index is 0.233. The van der Waals surface area contributed by atoms with Crippen LogP contribution in [-0.2, 0) is 0 Å². The summed E-state index contributed by atoms with van der Waals surface area (Å²) in [5, 5.41) is 4.97. The first-order chi connectivity index (χ1) is 7.63. The average Bonchev–Trinajstić information content (AvgIpc) is 2.59. The van der Waals surface area contributed by atoms with Crippen molar-refractivity contribution in [3.63, 3.8) is 0 Å². The molecule has 0 aromatic carbocycles. The van der Waals surface area contributed by atoms with Gasteiger partial charge in [-0.05, 0) is 6.92 Å². The topological polar surface area (TPSA) is 52.8 Å². The minimum Gasteiger partial charge on any atom is -0.490 e. The molecule has 0 N–H and O–H groups in total. The van der Waals surface area contributed by atoms with Gasteiger partial charge in [-0.2, -0.15) is 5.10 Å². The highest BCUT2D eigenvalue weighted by atomic mass is 35.5. The van der Waals surface area contributed by atoms with E-state index in [1.807, 2.05) is 0 Å².